The van der Waals surface area contributed by atoms with Crippen LogP contribution in [-0.2, 0) is 9.53 Å². The van der Waals surface area contributed by atoms with Crippen molar-refractivity contribution in [3.63, 3.8) is 0 Å². The molecule has 0 spiro atoms. The number of esters is 1. The summed E-state index contributed by atoms with van der Waals surface area (Å²) in [4.78, 5) is 13.9. The van der Waals surface area contributed by atoms with Gasteiger partial charge in [-0.2, -0.15) is 0 Å². The first-order chi connectivity index (χ1) is 7.67. The van der Waals surface area contributed by atoms with Crippen molar-refractivity contribution in [3.05, 3.63) is 39.8 Å². The molecule has 0 saturated carbocycles. The van der Waals surface area contributed by atoms with Crippen LogP contribution in [0.4, 0.5) is 0 Å². The van der Waals surface area contributed by atoms with E-state index in [0.29, 0.717) is 5.76 Å². The molecule has 0 N–H and O–H groups in total. The van der Waals surface area contributed by atoms with Gasteiger partial charge in [0.05, 0.1) is 12.9 Å². The molecule has 16 heavy (non-hydrogen) atoms. The van der Waals surface area contributed by atoms with Gasteiger partial charge in [-0.25, -0.2) is 4.79 Å². The highest BCUT2D eigenvalue weighted by Gasteiger charge is 2.09. The van der Waals surface area contributed by atoms with Crippen LogP contribution in [0.5, 0.6) is 0 Å². The fraction of sp³-hybridized carbons (Fsp3) is 0.300. The van der Waals surface area contributed by atoms with Crippen LogP contribution in [0.25, 0.3) is 16.5 Å². The molecule has 0 aliphatic heterocycles. The molecule has 1 aromatic heterocycles. The van der Waals surface area contributed by atoms with Crippen LogP contribution in [0.15, 0.2) is 27.6 Å². The summed E-state index contributed by atoms with van der Waals surface area (Å²) in [5.74, 6) is -0.234. The van der Waals surface area contributed by atoms with Crippen molar-refractivity contribution in [3.8, 4) is 0 Å². The van der Waals surface area contributed by atoms with Crippen molar-refractivity contribution >= 4 is 12.0 Å². The van der Waals surface area contributed by atoms with E-state index in [-0.39, 0.29) is 12.3 Å². The molecule has 0 saturated heterocycles. The largest absolute Gasteiger partial charge is 0.465 e. The Morgan fingerprint density at radius 2 is 2.50 bits per heavy atom. The van der Waals surface area contributed by atoms with Gasteiger partial charge in [0.15, 0.2) is 0 Å². The summed E-state index contributed by atoms with van der Waals surface area (Å²) in [5.41, 5.74) is 9.10. The van der Waals surface area contributed by atoms with Gasteiger partial charge >= 0.3 is 5.97 Å². The molecule has 0 radical (unpaired) electrons. The summed E-state index contributed by atoms with van der Waals surface area (Å²) in [6.45, 7) is 3.73. The molecule has 1 heterocycles. The molecule has 0 fully saturated rings. The number of aryl methyl sites for hydroxylation is 1. The quantitative estimate of drug-likeness (QED) is 0.257. The lowest BCUT2D eigenvalue weighted by molar-refractivity contribution is -0.138. The van der Waals surface area contributed by atoms with E-state index in [1.165, 1.54) is 12.3 Å². The molecule has 0 amide bonds. The minimum atomic E-state index is -0.672. The Morgan fingerprint density at radius 3 is 3.00 bits per heavy atom. The fourth-order valence-corrected chi connectivity index (χ4v) is 1.05. The van der Waals surface area contributed by atoms with E-state index in [1.54, 1.807) is 13.0 Å². The number of carbonyl (C=O) groups excluding carboxylic acids is 1. The molecule has 6 nitrogen and oxygen atoms in total. The van der Waals surface area contributed by atoms with Gasteiger partial charge in [0.2, 0.25) is 0 Å². The third kappa shape index (κ3) is 3.18. The SMILES string of the molecule is CCOC(=O)/C(=C/c1cc(C)co1)N=[N+]=[N-]. The van der Waals surface area contributed by atoms with E-state index in [4.69, 9.17) is 14.7 Å². The standard InChI is InChI=1S/C10H11N3O3/c1-3-15-10(14)9(12-13-11)5-8-4-7(2)6-16-8/h4-6H,3H2,1-2H3/b9-5-. The molecule has 0 unspecified atom stereocenters. The Bertz CT molecular complexity index is 456. The van der Waals surface area contributed by atoms with E-state index in [1.807, 2.05) is 6.92 Å². The predicted octanol–water partition coefficient (Wildman–Crippen LogP) is 2.80. The summed E-state index contributed by atoms with van der Waals surface area (Å²) >= 11 is 0. The smallest absolute Gasteiger partial charge is 0.340 e. The Kier molecular flexibility index (Phi) is 4.17. The molecule has 6 heteroatoms. The first-order valence-corrected chi connectivity index (χ1v) is 4.66. The topological polar surface area (TPSA) is 88.2 Å². The highest BCUT2D eigenvalue weighted by atomic mass is 16.5. The van der Waals surface area contributed by atoms with Crippen LogP contribution in [0.1, 0.15) is 18.2 Å². The summed E-state index contributed by atoms with van der Waals surface area (Å²) in [7, 11) is 0. The zero-order valence-electron chi connectivity index (χ0n) is 9.01. The first kappa shape index (κ1) is 11.9. The number of hydrogen-bond acceptors (Lipinski definition) is 4. The second-order valence-corrected chi connectivity index (χ2v) is 2.97. The molecule has 0 aromatic carbocycles. The number of furan rings is 1. The van der Waals surface area contributed by atoms with Crippen molar-refractivity contribution in [1.29, 1.82) is 0 Å². The minimum absolute atomic E-state index is 0.126. The zero-order valence-corrected chi connectivity index (χ0v) is 9.01. The van der Waals surface area contributed by atoms with Gasteiger partial charge in [0.25, 0.3) is 0 Å². The van der Waals surface area contributed by atoms with Crippen molar-refractivity contribution in [2.75, 3.05) is 6.61 Å². The second kappa shape index (κ2) is 5.63. The second-order valence-electron chi connectivity index (χ2n) is 2.97. The highest BCUT2D eigenvalue weighted by molar-refractivity contribution is 5.92. The van der Waals surface area contributed by atoms with Gasteiger partial charge < -0.3 is 9.15 Å². The molecular formula is C10H11N3O3. The lowest BCUT2D eigenvalue weighted by Crippen LogP contribution is -2.05. The Balaban J connectivity index is 2.97. The maximum absolute atomic E-state index is 11.3. The summed E-state index contributed by atoms with van der Waals surface area (Å²) in [6.07, 6.45) is 2.87. The van der Waals surface area contributed by atoms with E-state index in [9.17, 15) is 4.79 Å². The maximum Gasteiger partial charge on any atom is 0.340 e. The minimum Gasteiger partial charge on any atom is -0.465 e. The summed E-state index contributed by atoms with van der Waals surface area (Å²) < 4.78 is 9.82. The van der Waals surface area contributed by atoms with E-state index >= 15 is 0 Å². The molecule has 0 bridgehead atoms. The van der Waals surface area contributed by atoms with Crippen LogP contribution < -0.4 is 0 Å². The molecule has 84 valence electrons. The van der Waals surface area contributed by atoms with Crippen molar-refractivity contribution < 1.29 is 13.9 Å². The number of rotatable bonds is 4. The molecule has 1 rings (SSSR count). The lowest BCUT2D eigenvalue weighted by Gasteiger charge is -1.99. The molecule has 1 aromatic rings. The van der Waals surface area contributed by atoms with E-state index < -0.39 is 5.97 Å². The number of carbonyl (C=O) groups is 1. The third-order valence-electron chi connectivity index (χ3n) is 1.67. The third-order valence-corrected chi connectivity index (χ3v) is 1.67. The Labute approximate surface area is 92.1 Å². The molecule has 0 atom stereocenters. The van der Waals surface area contributed by atoms with Crippen molar-refractivity contribution in [2.45, 2.75) is 13.8 Å². The van der Waals surface area contributed by atoms with E-state index in [0.717, 1.165) is 5.56 Å². The zero-order chi connectivity index (χ0) is 12.0. The van der Waals surface area contributed by atoms with Crippen molar-refractivity contribution in [1.82, 2.24) is 0 Å². The van der Waals surface area contributed by atoms with Crippen molar-refractivity contribution in [2.24, 2.45) is 5.11 Å². The summed E-state index contributed by atoms with van der Waals surface area (Å²) in [6, 6.07) is 1.71. The van der Waals surface area contributed by atoms with Gasteiger partial charge in [0.1, 0.15) is 11.5 Å². The predicted molar refractivity (Wildman–Crippen MR) is 57.2 cm³/mol. The van der Waals surface area contributed by atoms with Gasteiger partial charge in [-0.15, -0.1) is 0 Å². The number of ether oxygens (including phenoxy) is 1. The van der Waals surface area contributed by atoms with Crippen LogP contribution in [0.2, 0.25) is 0 Å². The van der Waals surface area contributed by atoms with E-state index in [2.05, 4.69) is 10.0 Å². The average Bonchev–Trinajstić information content (AvgIpc) is 2.64. The van der Waals surface area contributed by atoms with Crippen LogP contribution in [0.3, 0.4) is 0 Å². The van der Waals surface area contributed by atoms with Gasteiger partial charge in [-0.1, -0.05) is 5.11 Å². The van der Waals surface area contributed by atoms with Gasteiger partial charge in [-0.3, -0.25) is 0 Å². The average molecular weight is 221 g/mol. The summed E-state index contributed by atoms with van der Waals surface area (Å²) in [5, 5.41) is 3.25. The van der Waals surface area contributed by atoms with Crippen LogP contribution in [0, 0.1) is 6.92 Å². The monoisotopic (exact) mass is 221 g/mol. The molecular weight excluding hydrogens is 210 g/mol. The fourth-order valence-electron chi connectivity index (χ4n) is 1.05. The first-order valence-electron chi connectivity index (χ1n) is 4.66. The number of azide groups is 1. The normalized spacial score (nSPS) is 10.8. The van der Waals surface area contributed by atoms with Crippen LogP contribution in [-0.4, -0.2) is 12.6 Å². The maximum atomic E-state index is 11.3. The van der Waals surface area contributed by atoms with Gasteiger partial charge in [-0.05, 0) is 37.1 Å². The highest BCUT2D eigenvalue weighted by Crippen LogP contribution is 2.13. The van der Waals surface area contributed by atoms with Gasteiger partial charge in [0, 0.05) is 4.91 Å². The lowest BCUT2D eigenvalue weighted by atomic mass is 10.3. The van der Waals surface area contributed by atoms with Crippen LogP contribution >= 0.6 is 0 Å². The molecule has 0 aliphatic rings. The number of nitrogens with zero attached hydrogens (tertiary/aromatic N) is 3. The Hall–Kier alpha value is -2.20. The molecule has 0 aliphatic carbocycles. The number of hydrogen-bond donors (Lipinski definition) is 0. The Morgan fingerprint density at radius 1 is 1.75 bits per heavy atom.